The summed E-state index contributed by atoms with van der Waals surface area (Å²) in [4.78, 5) is 0. The SMILES string of the molecule is COc1cccc(OCCCOCCN)c1OC. The average Bonchev–Trinajstić information content (AvgIpc) is 2.42. The van der Waals surface area contributed by atoms with Gasteiger partial charge in [-0.1, -0.05) is 6.07 Å². The maximum absolute atomic E-state index is 5.63. The Morgan fingerprint density at radius 2 is 1.78 bits per heavy atom. The number of ether oxygens (including phenoxy) is 4. The van der Waals surface area contributed by atoms with E-state index in [1.807, 2.05) is 18.2 Å². The van der Waals surface area contributed by atoms with Gasteiger partial charge in [0.15, 0.2) is 11.5 Å². The fraction of sp³-hybridized carbons (Fsp3) is 0.538. The molecule has 0 heterocycles. The summed E-state index contributed by atoms with van der Waals surface area (Å²) in [5, 5.41) is 0. The van der Waals surface area contributed by atoms with Crippen molar-refractivity contribution in [2.24, 2.45) is 5.73 Å². The van der Waals surface area contributed by atoms with Crippen LogP contribution in [-0.2, 0) is 4.74 Å². The van der Waals surface area contributed by atoms with Gasteiger partial charge in [-0.15, -0.1) is 0 Å². The fourth-order valence-corrected chi connectivity index (χ4v) is 1.50. The number of para-hydroxylation sites is 1. The van der Waals surface area contributed by atoms with Crippen LogP contribution in [0.3, 0.4) is 0 Å². The van der Waals surface area contributed by atoms with Crippen LogP contribution in [-0.4, -0.2) is 40.6 Å². The van der Waals surface area contributed by atoms with Crippen molar-refractivity contribution in [1.29, 1.82) is 0 Å². The van der Waals surface area contributed by atoms with E-state index in [9.17, 15) is 0 Å². The highest BCUT2D eigenvalue weighted by atomic mass is 16.5. The van der Waals surface area contributed by atoms with Gasteiger partial charge < -0.3 is 24.7 Å². The number of rotatable bonds is 9. The van der Waals surface area contributed by atoms with Crippen LogP contribution in [0.15, 0.2) is 18.2 Å². The van der Waals surface area contributed by atoms with Crippen molar-refractivity contribution in [1.82, 2.24) is 0 Å². The van der Waals surface area contributed by atoms with E-state index in [-0.39, 0.29) is 0 Å². The molecule has 1 aromatic carbocycles. The molecule has 1 aromatic rings. The first-order chi connectivity index (χ1) is 8.83. The van der Waals surface area contributed by atoms with E-state index in [1.54, 1.807) is 14.2 Å². The lowest BCUT2D eigenvalue weighted by Crippen LogP contribution is -2.10. The Kier molecular flexibility index (Phi) is 6.98. The second kappa shape index (κ2) is 8.60. The molecular weight excluding hydrogens is 234 g/mol. The van der Waals surface area contributed by atoms with Crippen LogP contribution < -0.4 is 19.9 Å². The molecular formula is C13H21NO4. The normalized spacial score (nSPS) is 10.2. The summed E-state index contributed by atoms with van der Waals surface area (Å²) in [6.45, 7) is 2.34. The van der Waals surface area contributed by atoms with Gasteiger partial charge in [-0.25, -0.2) is 0 Å². The maximum Gasteiger partial charge on any atom is 0.203 e. The second-order valence-electron chi connectivity index (χ2n) is 3.59. The Morgan fingerprint density at radius 1 is 1.00 bits per heavy atom. The summed E-state index contributed by atoms with van der Waals surface area (Å²) < 4.78 is 21.4. The average molecular weight is 255 g/mol. The molecule has 0 bridgehead atoms. The summed E-state index contributed by atoms with van der Waals surface area (Å²) >= 11 is 0. The Morgan fingerprint density at radius 3 is 2.44 bits per heavy atom. The Bertz CT molecular complexity index is 344. The zero-order valence-corrected chi connectivity index (χ0v) is 11.0. The molecule has 1 rings (SSSR count). The van der Waals surface area contributed by atoms with E-state index in [1.165, 1.54) is 0 Å². The minimum atomic E-state index is 0.546. The van der Waals surface area contributed by atoms with Gasteiger partial charge in [0.25, 0.3) is 0 Å². The molecule has 0 unspecified atom stereocenters. The smallest absolute Gasteiger partial charge is 0.203 e. The van der Waals surface area contributed by atoms with Crippen LogP contribution >= 0.6 is 0 Å². The third-order valence-electron chi connectivity index (χ3n) is 2.32. The van der Waals surface area contributed by atoms with E-state index in [2.05, 4.69) is 0 Å². The van der Waals surface area contributed by atoms with Crippen LogP contribution in [0.1, 0.15) is 6.42 Å². The predicted molar refractivity (Wildman–Crippen MR) is 69.5 cm³/mol. The maximum atomic E-state index is 5.63. The van der Waals surface area contributed by atoms with Gasteiger partial charge in [0.05, 0.1) is 27.4 Å². The Labute approximate surface area is 108 Å². The minimum Gasteiger partial charge on any atom is -0.493 e. The molecule has 18 heavy (non-hydrogen) atoms. The molecule has 0 aliphatic rings. The highest BCUT2D eigenvalue weighted by molar-refractivity contribution is 5.50. The van der Waals surface area contributed by atoms with Crippen LogP contribution in [0.2, 0.25) is 0 Å². The molecule has 102 valence electrons. The molecule has 2 N–H and O–H groups in total. The number of nitrogens with two attached hydrogens (primary N) is 1. The summed E-state index contributed by atoms with van der Waals surface area (Å²) in [5.41, 5.74) is 5.32. The molecule has 0 spiro atoms. The quantitative estimate of drug-likeness (QED) is 0.677. The van der Waals surface area contributed by atoms with Crippen LogP contribution in [0.5, 0.6) is 17.2 Å². The van der Waals surface area contributed by atoms with Crippen LogP contribution in [0.25, 0.3) is 0 Å². The fourth-order valence-electron chi connectivity index (χ4n) is 1.50. The summed E-state index contributed by atoms with van der Waals surface area (Å²) in [7, 11) is 3.19. The van der Waals surface area contributed by atoms with Crippen molar-refractivity contribution >= 4 is 0 Å². The van der Waals surface area contributed by atoms with Crippen molar-refractivity contribution in [2.75, 3.05) is 40.6 Å². The molecule has 0 aliphatic carbocycles. The zero-order valence-electron chi connectivity index (χ0n) is 11.0. The van der Waals surface area contributed by atoms with Gasteiger partial charge in [0, 0.05) is 19.6 Å². The lowest BCUT2D eigenvalue weighted by Gasteiger charge is -2.13. The molecule has 0 saturated heterocycles. The lowest BCUT2D eigenvalue weighted by molar-refractivity contribution is 0.125. The first-order valence-electron chi connectivity index (χ1n) is 5.95. The Balaban J connectivity index is 2.41. The van der Waals surface area contributed by atoms with Gasteiger partial charge in [-0.2, -0.15) is 0 Å². The van der Waals surface area contributed by atoms with Gasteiger partial charge in [-0.3, -0.25) is 0 Å². The van der Waals surface area contributed by atoms with Gasteiger partial charge in [0.1, 0.15) is 0 Å². The van der Waals surface area contributed by atoms with Crippen molar-refractivity contribution in [3.05, 3.63) is 18.2 Å². The highest BCUT2D eigenvalue weighted by Crippen LogP contribution is 2.36. The van der Waals surface area contributed by atoms with E-state index in [0.717, 1.165) is 6.42 Å². The molecule has 5 nitrogen and oxygen atoms in total. The number of benzene rings is 1. The van der Waals surface area contributed by atoms with E-state index < -0.39 is 0 Å². The van der Waals surface area contributed by atoms with E-state index in [0.29, 0.717) is 43.6 Å². The highest BCUT2D eigenvalue weighted by Gasteiger charge is 2.09. The lowest BCUT2D eigenvalue weighted by atomic mass is 10.3. The molecule has 5 heteroatoms. The molecule has 0 amide bonds. The molecule has 0 aliphatic heterocycles. The second-order valence-corrected chi connectivity index (χ2v) is 3.59. The van der Waals surface area contributed by atoms with Crippen molar-refractivity contribution in [3.63, 3.8) is 0 Å². The topological polar surface area (TPSA) is 62.9 Å². The first kappa shape index (κ1) is 14.6. The van der Waals surface area contributed by atoms with Crippen LogP contribution in [0.4, 0.5) is 0 Å². The zero-order chi connectivity index (χ0) is 13.2. The minimum absolute atomic E-state index is 0.546. The first-order valence-corrected chi connectivity index (χ1v) is 5.95. The standard InChI is InChI=1S/C13H21NO4/c1-15-11-5-3-6-12(13(11)16-2)18-9-4-8-17-10-7-14/h3,5-6H,4,7-10,14H2,1-2H3. The Hall–Kier alpha value is -1.46. The van der Waals surface area contributed by atoms with E-state index >= 15 is 0 Å². The molecule has 0 atom stereocenters. The van der Waals surface area contributed by atoms with E-state index in [4.69, 9.17) is 24.7 Å². The third kappa shape index (κ3) is 4.43. The molecule has 0 fully saturated rings. The summed E-state index contributed by atoms with van der Waals surface area (Å²) in [6.07, 6.45) is 0.806. The monoisotopic (exact) mass is 255 g/mol. The van der Waals surface area contributed by atoms with Crippen molar-refractivity contribution < 1.29 is 18.9 Å². The van der Waals surface area contributed by atoms with Crippen LogP contribution in [0, 0.1) is 0 Å². The third-order valence-corrected chi connectivity index (χ3v) is 2.32. The van der Waals surface area contributed by atoms with Gasteiger partial charge >= 0.3 is 0 Å². The molecule has 0 aromatic heterocycles. The largest absolute Gasteiger partial charge is 0.493 e. The number of hydrogen-bond donors (Lipinski definition) is 1. The van der Waals surface area contributed by atoms with Crippen molar-refractivity contribution in [3.8, 4) is 17.2 Å². The van der Waals surface area contributed by atoms with Crippen molar-refractivity contribution in [2.45, 2.75) is 6.42 Å². The predicted octanol–water partition coefficient (Wildman–Crippen LogP) is 1.45. The molecule has 0 saturated carbocycles. The van der Waals surface area contributed by atoms with Gasteiger partial charge in [-0.05, 0) is 12.1 Å². The number of hydrogen-bond acceptors (Lipinski definition) is 5. The molecule has 0 radical (unpaired) electrons. The summed E-state index contributed by atoms with van der Waals surface area (Å²) in [5.74, 6) is 1.95. The number of methoxy groups -OCH3 is 2. The van der Waals surface area contributed by atoms with Gasteiger partial charge in [0.2, 0.25) is 5.75 Å². The summed E-state index contributed by atoms with van der Waals surface area (Å²) in [6, 6.07) is 5.54.